The van der Waals surface area contributed by atoms with Gasteiger partial charge in [0.25, 0.3) is 0 Å². The second-order valence-corrected chi connectivity index (χ2v) is 5.04. The summed E-state index contributed by atoms with van der Waals surface area (Å²) in [6.07, 6.45) is 6.93. The first kappa shape index (κ1) is 14.1. The van der Waals surface area contributed by atoms with Crippen molar-refractivity contribution in [1.82, 2.24) is 4.90 Å². The van der Waals surface area contributed by atoms with Crippen molar-refractivity contribution in [2.24, 2.45) is 5.92 Å². The molecule has 0 spiro atoms. The van der Waals surface area contributed by atoms with E-state index in [1.165, 1.54) is 7.11 Å². The van der Waals surface area contributed by atoms with Crippen LogP contribution in [0.15, 0.2) is 12.2 Å². The largest absolute Gasteiger partial charge is 0.469 e. The molecule has 106 valence electrons. The van der Waals surface area contributed by atoms with E-state index >= 15 is 0 Å². The maximum Gasteiger partial charge on any atom is 0.308 e. The quantitative estimate of drug-likeness (QED) is 0.568. The standard InChI is InChI=1S/C14H21NO4/c1-18-13(16)9-12-10-15(7-8-19-12)14(17)11-5-3-2-4-6-11/h2-3,11-12H,4-10H2,1H3. The summed E-state index contributed by atoms with van der Waals surface area (Å²) in [7, 11) is 1.36. The molecule has 2 unspecified atom stereocenters. The van der Waals surface area contributed by atoms with E-state index in [1.807, 2.05) is 4.90 Å². The molecule has 2 atom stereocenters. The van der Waals surface area contributed by atoms with E-state index in [0.717, 1.165) is 19.3 Å². The van der Waals surface area contributed by atoms with Gasteiger partial charge in [0.1, 0.15) is 0 Å². The molecule has 0 bridgehead atoms. The lowest BCUT2D eigenvalue weighted by Gasteiger charge is -2.35. The summed E-state index contributed by atoms with van der Waals surface area (Å²) in [6, 6.07) is 0. The third kappa shape index (κ3) is 3.80. The van der Waals surface area contributed by atoms with Crippen molar-refractivity contribution < 1.29 is 19.1 Å². The fourth-order valence-electron chi connectivity index (χ4n) is 2.59. The molecule has 19 heavy (non-hydrogen) atoms. The van der Waals surface area contributed by atoms with E-state index in [1.54, 1.807) is 0 Å². The van der Waals surface area contributed by atoms with Gasteiger partial charge in [0.05, 0.1) is 26.2 Å². The molecule has 2 aliphatic rings. The predicted octanol–water partition coefficient (Wildman–Crippen LogP) is 1.13. The lowest BCUT2D eigenvalue weighted by Crippen LogP contribution is -2.48. The summed E-state index contributed by atoms with van der Waals surface area (Å²) < 4.78 is 10.1. The molecule has 1 amide bonds. The summed E-state index contributed by atoms with van der Waals surface area (Å²) in [5.41, 5.74) is 0. The highest BCUT2D eigenvalue weighted by Gasteiger charge is 2.30. The van der Waals surface area contributed by atoms with E-state index < -0.39 is 0 Å². The number of methoxy groups -OCH3 is 1. The maximum atomic E-state index is 12.4. The Bertz CT molecular complexity index is 366. The number of nitrogens with zero attached hydrogens (tertiary/aromatic N) is 1. The number of ether oxygens (including phenoxy) is 2. The highest BCUT2D eigenvalue weighted by molar-refractivity contribution is 5.79. The lowest BCUT2D eigenvalue weighted by atomic mass is 9.93. The van der Waals surface area contributed by atoms with Crippen LogP contribution in [0.5, 0.6) is 0 Å². The normalized spacial score (nSPS) is 27.1. The van der Waals surface area contributed by atoms with Crippen LogP contribution in [0.4, 0.5) is 0 Å². The van der Waals surface area contributed by atoms with Gasteiger partial charge in [0.2, 0.25) is 5.91 Å². The fraction of sp³-hybridized carbons (Fsp3) is 0.714. The number of hydrogen-bond acceptors (Lipinski definition) is 4. The lowest BCUT2D eigenvalue weighted by molar-refractivity contribution is -0.151. The minimum absolute atomic E-state index is 0.0990. The average Bonchev–Trinajstić information content (AvgIpc) is 2.47. The first-order chi connectivity index (χ1) is 9.20. The van der Waals surface area contributed by atoms with E-state index in [9.17, 15) is 9.59 Å². The van der Waals surface area contributed by atoms with Gasteiger partial charge >= 0.3 is 5.97 Å². The molecule has 0 aromatic carbocycles. The first-order valence-corrected chi connectivity index (χ1v) is 6.83. The van der Waals surface area contributed by atoms with Gasteiger partial charge in [-0.1, -0.05) is 12.2 Å². The van der Waals surface area contributed by atoms with Crippen LogP contribution in [0.3, 0.4) is 0 Å². The number of allylic oxidation sites excluding steroid dienone is 2. The van der Waals surface area contributed by atoms with Crippen LogP contribution in [0, 0.1) is 5.92 Å². The molecule has 0 N–H and O–H groups in total. The van der Waals surface area contributed by atoms with Gasteiger partial charge in [-0.2, -0.15) is 0 Å². The fourth-order valence-corrected chi connectivity index (χ4v) is 2.59. The molecule has 5 nitrogen and oxygen atoms in total. The summed E-state index contributed by atoms with van der Waals surface area (Å²) in [6.45, 7) is 1.61. The monoisotopic (exact) mass is 267 g/mol. The molecule has 0 aromatic heterocycles. The number of amides is 1. The van der Waals surface area contributed by atoms with Crippen molar-refractivity contribution in [2.75, 3.05) is 26.8 Å². The molecule has 1 fully saturated rings. The Morgan fingerprint density at radius 2 is 2.26 bits per heavy atom. The molecule has 5 heteroatoms. The highest BCUT2D eigenvalue weighted by Crippen LogP contribution is 2.22. The minimum Gasteiger partial charge on any atom is -0.469 e. The molecule has 1 heterocycles. The molecule has 0 aromatic rings. The van der Waals surface area contributed by atoms with Crippen LogP contribution in [0.1, 0.15) is 25.7 Å². The average molecular weight is 267 g/mol. The second-order valence-electron chi connectivity index (χ2n) is 5.04. The molecular weight excluding hydrogens is 246 g/mol. The Kier molecular flexibility index (Phi) is 4.96. The molecule has 1 aliphatic heterocycles. The predicted molar refractivity (Wildman–Crippen MR) is 69.4 cm³/mol. The van der Waals surface area contributed by atoms with Crippen molar-refractivity contribution in [3.63, 3.8) is 0 Å². The Balaban J connectivity index is 1.87. The number of hydrogen-bond donors (Lipinski definition) is 0. The van der Waals surface area contributed by atoms with Crippen molar-refractivity contribution in [3.05, 3.63) is 12.2 Å². The Morgan fingerprint density at radius 3 is 2.95 bits per heavy atom. The van der Waals surface area contributed by atoms with Crippen molar-refractivity contribution in [1.29, 1.82) is 0 Å². The third-order valence-electron chi connectivity index (χ3n) is 3.69. The number of rotatable bonds is 3. The molecule has 0 radical (unpaired) electrons. The van der Waals surface area contributed by atoms with Crippen LogP contribution in [0.2, 0.25) is 0 Å². The summed E-state index contributed by atoms with van der Waals surface area (Å²) in [4.78, 5) is 25.5. The van der Waals surface area contributed by atoms with E-state index in [4.69, 9.17) is 4.74 Å². The zero-order valence-corrected chi connectivity index (χ0v) is 11.3. The van der Waals surface area contributed by atoms with Gasteiger partial charge in [-0.05, 0) is 19.3 Å². The van der Waals surface area contributed by atoms with Gasteiger partial charge in [-0.25, -0.2) is 0 Å². The topological polar surface area (TPSA) is 55.8 Å². The first-order valence-electron chi connectivity index (χ1n) is 6.83. The maximum absolute atomic E-state index is 12.4. The number of morpholine rings is 1. The van der Waals surface area contributed by atoms with Crippen molar-refractivity contribution in [2.45, 2.75) is 31.8 Å². The molecule has 1 saturated heterocycles. The van der Waals surface area contributed by atoms with Crippen molar-refractivity contribution in [3.8, 4) is 0 Å². The summed E-state index contributed by atoms with van der Waals surface area (Å²) in [5.74, 6) is 0.00397. The van der Waals surface area contributed by atoms with Gasteiger partial charge in [-0.3, -0.25) is 9.59 Å². The molecular formula is C14H21NO4. The smallest absolute Gasteiger partial charge is 0.308 e. The van der Waals surface area contributed by atoms with Gasteiger partial charge in [-0.15, -0.1) is 0 Å². The minimum atomic E-state index is -0.292. The number of esters is 1. The van der Waals surface area contributed by atoms with Gasteiger partial charge in [0, 0.05) is 19.0 Å². The Morgan fingerprint density at radius 1 is 1.42 bits per heavy atom. The molecule has 2 rings (SSSR count). The molecule has 0 saturated carbocycles. The Labute approximate surface area is 113 Å². The van der Waals surface area contributed by atoms with E-state index in [-0.39, 0.29) is 30.3 Å². The van der Waals surface area contributed by atoms with Crippen LogP contribution in [-0.2, 0) is 19.1 Å². The second kappa shape index (κ2) is 6.70. The van der Waals surface area contributed by atoms with Crippen molar-refractivity contribution >= 4 is 11.9 Å². The van der Waals surface area contributed by atoms with E-state index in [0.29, 0.717) is 19.7 Å². The zero-order valence-electron chi connectivity index (χ0n) is 11.3. The summed E-state index contributed by atoms with van der Waals surface area (Å²) >= 11 is 0. The zero-order chi connectivity index (χ0) is 13.7. The SMILES string of the molecule is COC(=O)CC1CN(C(=O)C2CC=CCC2)CCO1. The van der Waals surface area contributed by atoms with Crippen LogP contribution in [-0.4, -0.2) is 49.7 Å². The number of carbonyl (C=O) groups excluding carboxylic acids is 2. The van der Waals surface area contributed by atoms with Crippen LogP contribution < -0.4 is 0 Å². The third-order valence-corrected chi connectivity index (χ3v) is 3.69. The molecule has 1 aliphatic carbocycles. The summed E-state index contributed by atoms with van der Waals surface area (Å²) in [5, 5.41) is 0. The van der Waals surface area contributed by atoms with Gasteiger partial charge < -0.3 is 14.4 Å². The number of carbonyl (C=O) groups is 2. The van der Waals surface area contributed by atoms with Crippen LogP contribution >= 0.6 is 0 Å². The Hall–Kier alpha value is -1.36. The van der Waals surface area contributed by atoms with Gasteiger partial charge in [0.15, 0.2) is 0 Å². The highest BCUT2D eigenvalue weighted by atomic mass is 16.5. The van der Waals surface area contributed by atoms with E-state index in [2.05, 4.69) is 16.9 Å². The van der Waals surface area contributed by atoms with Crippen LogP contribution in [0.25, 0.3) is 0 Å².